The predicted octanol–water partition coefficient (Wildman–Crippen LogP) is 2.15. The quantitative estimate of drug-likeness (QED) is 0.895. The molecule has 1 N–H and O–H groups in total. The second-order valence-corrected chi connectivity index (χ2v) is 4.78. The lowest BCUT2D eigenvalue weighted by molar-refractivity contribution is -0.0516. The van der Waals surface area contributed by atoms with Crippen LogP contribution in [0, 0.1) is 0 Å². The molecule has 2 rings (SSSR count). The minimum absolute atomic E-state index is 0. The molecule has 0 spiro atoms. The summed E-state index contributed by atoms with van der Waals surface area (Å²) in [5.74, 6) is -0.477. The Morgan fingerprint density at radius 3 is 2.73 bits per heavy atom. The molecular formula is C14H19ClF2N2O3. The van der Waals surface area contributed by atoms with Gasteiger partial charge in [-0.1, -0.05) is 6.07 Å². The summed E-state index contributed by atoms with van der Waals surface area (Å²) in [4.78, 5) is 14.1. The maximum atomic E-state index is 12.6. The highest BCUT2D eigenvalue weighted by Gasteiger charge is 2.28. The van der Waals surface area contributed by atoms with Crippen molar-refractivity contribution in [1.29, 1.82) is 0 Å². The van der Waals surface area contributed by atoms with Gasteiger partial charge in [-0.2, -0.15) is 8.78 Å². The number of rotatable bonds is 5. The van der Waals surface area contributed by atoms with Crippen molar-refractivity contribution in [3.05, 3.63) is 23.8 Å². The van der Waals surface area contributed by atoms with Crippen LogP contribution in [0.4, 0.5) is 8.78 Å². The number of nitrogens with one attached hydrogen (secondary N) is 1. The molecule has 1 fully saturated rings. The Balaban J connectivity index is 0.00000242. The summed E-state index contributed by atoms with van der Waals surface area (Å²) in [6, 6.07) is 4.56. The van der Waals surface area contributed by atoms with E-state index >= 15 is 0 Å². The number of hydrogen-bond donors (Lipinski definition) is 1. The molecular weight excluding hydrogens is 318 g/mol. The highest BCUT2D eigenvalue weighted by molar-refractivity contribution is 5.98. The number of benzene rings is 1. The van der Waals surface area contributed by atoms with Gasteiger partial charge in [0.05, 0.1) is 12.7 Å². The molecule has 1 saturated heterocycles. The minimum atomic E-state index is -3.02. The third-order valence-corrected chi connectivity index (χ3v) is 3.54. The number of amides is 1. The molecule has 1 amide bonds. The van der Waals surface area contributed by atoms with Crippen LogP contribution in [0.3, 0.4) is 0 Å². The van der Waals surface area contributed by atoms with Gasteiger partial charge in [0.1, 0.15) is 0 Å². The highest BCUT2D eigenvalue weighted by Crippen LogP contribution is 2.33. The number of likely N-dealkylation sites (N-methyl/N-ethyl adjacent to an activating group) is 1. The summed E-state index contributed by atoms with van der Waals surface area (Å²) in [5.41, 5.74) is 0.0732. The van der Waals surface area contributed by atoms with E-state index in [0.29, 0.717) is 6.54 Å². The molecule has 0 saturated carbocycles. The van der Waals surface area contributed by atoms with Crippen LogP contribution in [0.5, 0.6) is 11.5 Å². The number of carbonyl (C=O) groups excluding carboxylic acids is 1. The van der Waals surface area contributed by atoms with Gasteiger partial charge >= 0.3 is 6.61 Å². The number of nitrogens with zero attached hydrogens (tertiary/aromatic N) is 1. The Bertz CT molecular complexity index is 511. The zero-order valence-corrected chi connectivity index (χ0v) is 13.2. The van der Waals surface area contributed by atoms with Gasteiger partial charge in [-0.3, -0.25) is 4.79 Å². The zero-order chi connectivity index (χ0) is 15.4. The van der Waals surface area contributed by atoms with Crippen molar-refractivity contribution in [3.8, 4) is 11.5 Å². The molecule has 1 aliphatic rings. The summed E-state index contributed by atoms with van der Waals surface area (Å²) < 4.78 is 34.6. The first kappa shape index (κ1) is 18.4. The van der Waals surface area contributed by atoms with E-state index in [9.17, 15) is 13.6 Å². The van der Waals surface area contributed by atoms with E-state index in [1.54, 1.807) is 18.0 Å². The first-order valence-corrected chi connectivity index (χ1v) is 6.64. The molecule has 1 atom stereocenters. The largest absolute Gasteiger partial charge is 0.493 e. The monoisotopic (exact) mass is 336 g/mol. The first-order valence-electron chi connectivity index (χ1n) is 6.64. The second-order valence-electron chi connectivity index (χ2n) is 4.78. The van der Waals surface area contributed by atoms with Crippen molar-refractivity contribution in [2.24, 2.45) is 0 Å². The van der Waals surface area contributed by atoms with Gasteiger partial charge in [0.15, 0.2) is 11.5 Å². The van der Waals surface area contributed by atoms with Gasteiger partial charge in [0.2, 0.25) is 0 Å². The molecule has 1 unspecified atom stereocenters. The van der Waals surface area contributed by atoms with Crippen LogP contribution in [-0.4, -0.2) is 50.7 Å². The Morgan fingerprint density at radius 1 is 1.45 bits per heavy atom. The summed E-state index contributed by atoms with van der Waals surface area (Å²) in [6.07, 6.45) is 0.831. The number of alkyl halides is 2. The maximum Gasteiger partial charge on any atom is 0.387 e. The summed E-state index contributed by atoms with van der Waals surface area (Å²) in [6.45, 7) is -1.50. The molecule has 0 radical (unpaired) electrons. The van der Waals surface area contributed by atoms with Gasteiger partial charge in [-0.05, 0) is 25.1 Å². The Labute approximate surface area is 134 Å². The predicted molar refractivity (Wildman–Crippen MR) is 80.2 cm³/mol. The van der Waals surface area contributed by atoms with Crippen molar-refractivity contribution < 1.29 is 23.0 Å². The lowest BCUT2D eigenvalue weighted by Crippen LogP contribution is -2.38. The fourth-order valence-corrected chi connectivity index (χ4v) is 2.38. The van der Waals surface area contributed by atoms with E-state index < -0.39 is 6.61 Å². The third kappa shape index (κ3) is 3.98. The topological polar surface area (TPSA) is 50.8 Å². The van der Waals surface area contributed by atoms with Crippen molar-refractivity contribution in [2.45, 2.75) is 19.1 Å². The van der Waals surface area contributed by atoms with E-state index in [4.69, 9.17) is 4.74 Å². The first-order chi connectivity index (χ1) is 10.0. The SMILES string of the molecule is COc1cccc(C(=O)N(C)C2CCNC2)c1OC(F)F.Cl. The average Bonchev–Trinajstić information content (AvgIpc) is 2.99. The van der Waals surface area contributed by atoms with E-state index in [1.807, 2.05) is 0 Å². The van der Waals surface area contributed by atoms with Crippen LogP contribution >= 0.6 is 12.4 Å². The number of ether oxygens (including phenoxy) is 2. The molecule has 0 aromatic heterocycles. The van der Waals surface area contributed by atoms with E-state index in [-0.39, 0.29) is 41.4 Å². The summed E-state index contributed by atoms with van der Waals surface area (Å²) in [7, 11) is 3.00. The third-order valence-electron chi connectivity index (χ3n) is 3.54. The molecule has 0 bridgehead atoms. The van der Waals surface area contributed by atoms with E-state index in [1.165, 1.54) is 19.2 Å². The van der Waals surface area contributed by atoms with Crippen LogP contribution < -0.4 is 14.8 Å². The normalized spacial score (nSPS) is 17.0. The summed E-state index contributed by atoms with van der Waals surface area (Å²) in [5, 5.41) is 3.16. The van der Waals surface area contributed by atoms with Crippen LogP contribution in [0.2, 0.25) is 0 Å². The average molecular weight is 337 g/mol. The van der Waals surface area contributed by atoms with Gasteiger partial charge in [-0.25, -0.2) is 0 Å². The highest BCUT2D eigenvalue weighted by atomic mass is 35.5. The van der Waals surface area contributed by atoms with Gasteiger partial charge < -0.3 is 19.7 Å². The Kier molecular flexibility index (Phi) is 6.83. The minimum Gasteiger partial charge on any atom is -0.493 e. The number of halogens is 3. The van der Waals surface area contributed by atoms with Gasteiger partial charge in [-0.15, -0.1) is 12.4 Å². The van der Waals surface area contributed by atoms with Crippen molar-refractivity contribution >= 4 is 18.3 Å². The molecule has 5 nitrogen and oxygen atoms in total. The lowest BCUT2D eigenvalue weighted by atomic mass is 10.1. The van der Waals surface area contributed by atoms with E-state index in [2.05, 4.69) is 10.1 Å². The van der Waals surface area contributed by atoms with Crippen molar-refractivity contribution in [1.82, 2.24) is 10.2 Å². The molecule has 124 valence electrons. The van der Waals surface area contributed by atoms with Crippen LogP contribution in [0.1, 0.15) is 16.8 Å². The molecule has 0 aliphatic carbocycles. The molecule has 1 aliphatic heterocycles. The standard InChI is InChI=1S/C14H18F2N2O3.ClH/c1-18(9-6-7-17-8-9)13(19)10-4-3-5-11(20-2)12(10)21-14(15)16;/h3-5,9,14,17H,6-8H2,1-2H3;1H. The molecule has 22 heavy (non-hydrogen) atoms. The maximum absolute atomic E-state index is 12.6. The lowest BCUT2D eigenvalue weighted by Gasteiger charge is -2.25. The number of methoxy groups -OCH3 is 1. The second kappa shape index (κ2) is 8.14. The van der Waals surface area contributed by atoms with Crippen LogP contribution in [0.25, 0.3) is 0 Å². The van der Waals surface area contributed by atoms with Gasteiger partial charge in [0.25, 0.3) is 5.91 Å². The Morgan fingerprint density at radius 2 is 2.18 bits per heavy atom. The fraction of sp³-hybridized carbons (Fsp3) is 0.500. The number of para-hydroxylation sites is 1. The molecule has 1 aromatic rings. The summed E-state index contributed by atoms with van der Waals surface area (Å²) >= 11 is 0. The van der Waals surface area contributed by atoms with E-state index in [0.717, 1.165) is 13.0 Å². The van der Waals surface area contributed by atoms with Crippen molar-refractivity contribution in [2.75, 3.05) is 27.2 Å². The number of carbonyl (C=O) groups is 1. The van der Waals surface area contributed by atoms with Crippen molar-refractivity contribution in [3.63, 3.8) is 0 Å². The molecule has 8 heteroatoms. The Hall–Kier alpha value is -1.60. The molecule has 1 aromatic carbocycles. The van der Waals surface area contributed by atoms with Crippen LogP contribution in [0.15, 0.2) is 18.2 Å². The number of hydrogen-bond acceptors (Lipinski definition) is 4. The zero-order valence-electron chi connectivity index (χ0n) is 12.3. The van der Waals surface area contributed by atoms with Gasteiger partial charge in [0, 0.05) is 19.6 Å². The smallest absolute Gasteiger partial charge is 0.387 e. The van der Waals surface area contributed by atoms with Crippen LogP contribution in [-0.2, 0) is 0 Å². The molecule has 1 heterocycles. The fourth-order valence-electron chi connectivity index (χ4n) is 2.38.